The summed E-state index contributed by atoms with van der Waals surface area (Å²) in [5.41, 5.74) is 4.63. The van der Waals surface area contributed by atoms with E-state index in [1.807, 2.05) is 33.0 Å². The zero-order valence-electron chi connectivity index (χ0n) is 11.9. The topological polar surface area (TPSA) is 17.3 Å². The van der Waals surface area contributed by atoms with Crippen LogP contribution in [0.1, 0.15) is 39.0 Å². The van der Waals surface area contributed by atoms with Crippen molar-refractivity contribution in [3.05, 3.63) is 54.0 Å². The van der Waals surface area contributed by atoms with Crippen molar-refractivity contribution in [3.8, 4) is 0 Å². The van der Waals surface area contributed by atoms with Gasteiger partial charge in [0.1, 0.15) is 0 Å². The molecule has 0 spiro atoms. The van der Waals surface area contributed by atoms with Crippen molar-refractivity contribution in [3.63, 3.8) is 0 Å². The molecule has 1 aromatic rings. The van der Waals surface area contributed by atoms with E-state index in [2.05, 4.69) is 54.0 Å². The lowest BCUT2D eigenvalue weighted by atomic mass is 10.1. The molecule has 1 rings (SSSR count). The van der Waals surface area contributed by atoms with Gasteiger partial charge in [-0.15, -0.1) is 0 Å². The highest BCUT2D eigenvalue weighted by molar-refractivity contribution is 5.98. The Labute approximate surface area is 110 Å². The highest BCUT2D eigenvalue weighted by Crippen LogP contribution is 2.19. The summed E-state index contributed by atoms with van der Waals surface area (Å²) in [6.07, 6.45) is 12.2. The van der Waals surface area contributed by atoms with Gasteiger partial charge in [-0.05, 0) is 44.9 Å². The van der Waals surface area contributed by atoms with Gasteiger partial charge in [-0.3, -0.25) is 4.99 Å². The standard InChI is InChI=1S/C16H22N2/c1-6-9-14(8-3)15-11-16(18(5)12-15)13(4)17-10-7-2/h6-12H,1-5H3/b9-6?,10-7?,14-8+,17-13?. The lowest BCUT2D eigenvalue weighted by Crippen LogP contribution is -2.01. The first-order chi connectivity index (χ1) is 8.63. The first kappa shape index (κ1) is 14.2. The molecule has 0 aliphatic rings. The quantitative estimate of drug-likeness (QED) is 0.552. The van der Waals surface area contributed by atoms with Gasteiger partial charge < -0.3 is 4.57 Å². The zero-order valence-corrected chi connectivity index (χ0v) is 11.9. The second-order valence-electron chi connectivity index (χ2n) is 4.17. The van der Waals surface area contributed by atoms with Crippen molar-refractivity contribution in [1.29, 1.82) is 0 Å². The second-order valence-corrected chi connectivity index (χ2v) is 4.17. The average molecular weight is 242 g/mol. The van der Waals surface area contributed by atoms with E-state index in [-0.39, 0.29) is 0 Å². The summed E-state index contributed by atoms with van der Waals surface area (Å²) in [5.74, 6) is 0. The van der Waals surface area contributed by atoms with Crippen molar-refractivity contribution in [2.24, 2.45) is 12.0 Å². The van der Waals surface area contributed by atoms with Gasteiger partial charge in [0.05, 0.1) is 11.4 Å². The second kappa shape index (κ2) is 6.80. The van der Waals surface area contributed by atoms with Crippen LogP contribution in [0, 0.1) is 0 Å². The molecule has 2 nitrogen and oxygen atoms in total. The third-order valence-electron chi connectivity index (χ3n) is 2.78. The number of allylic oxidation sites excluding steroid dienone is 5. The molecule has 0 N–H and O–H groups in total. The summed E-state index contributed by atoms with van der Waals surface area (Å²) < 4.78 is 2.12. The van der Waals surface area contributed by atoms with Gasteiger partial charge in [-0.25, -0.2) is 0 Å². The smallest absolute Gasteiger partial charge is 0.0626 e. The van der Waals surface area contributed by atoms with Crippen LogP contribution in [0.25, 0.3) is 5.57 Å². The summed E-state index contributed by atoms with van der Waals surface area (Å²) >= 11 is 0. The van der Waals surface area contributed by atoms with Gasteiger partial charge >= 0.3 is 0 Å². The number of aryl methyl sites for hydroxylation is 1. The van der Waals surface area contributed by atoms with E-state index < -0.39 is 0 Å². The molecule has 96 valence electrons. The maximum atomic E-state index is 4.40. The lowest BCUT2D eigenvalue weighted by Gasteiger charge is -1.99. The van der Waals surface area contributed by atoms with E-state index in [9.17, 15) is 0 Å². The highest BCUT2D eigenvalue weighted by Gasteiger charge is 2.07. The number of nitrogens with zero attached hydrogens (tertiary/aromatic N) is 2. The number of hydrogen-bond donors (Lipinski definition) is 0. The van der Waals surface area contributed by atoms with Crippen molar-refractivity contribution in [2.75, 3.05) is 0 Å². The van der Waals surface area contributed by atoms with Crippen LogP contribution in [0.4, 0.5) is 0 Å². The lowest BCUT2D eigenvalue weighted by molar-refractivity contribution is 0.912. The molecule has 1 aromatic heterocycles. The maximum absolute atomic E-state index is 4.40. The fraction of sp³-hybridized carbons (Fsp3) is 0.312. The summed E-state index contributed by atoms with van der Waals surface area (Å²) in [6.45, 7) is 8.09. The number of aliphatic imine (C=N–C) groups is 1. The molecule has 0 radical (unpaired) electrons. The van der Waals surface area contributed by atoms with E-state index in [0.717, 1.165) is 11.4 Å². The van der Waals surface area contributed by atoms with Gasteiger partial charge in [0, 0.05) is 19.4 Å². The van der Waals surface area contributed by atoms with Crippen molar-refractivity contribution in [2.45, 2.75) is 27.7 Å². The van der Waals surface area contributed by atoms with Crippen molar-refractivity contribution in [1.82, 2.24) is 4.57 Å². The maximum Gasteiger partial charge on any atom is 0.0626 e. The van der Waals surface area contributed by atoms with Gasteiger partial charge in [0.25, 0.3) is 0 Å². The predicted octanol–water partition coefficient (Wildman–Crippen LogP) is 4.35. The van der Waals surface area contributed by atoms with Crippen molar-refractivity contribution < 1.29 is 0 Å². The van der Waals surface area contributed by atoms with Gasteiger partial charge in [0.2, 0.25) is 0 Å². The normalized spacial score (nSPS) is 14.1. The predicted molar refractivity (Wildman–Crippen MR) is 80.9 cm³/mol. The molecule has 2 heteroatoms. The Morgan fingerprint density at radius 2 is 1.94 bits per heavy atom. The molecule has 1 heterocycles. The van der Waals surface area contributed by atoms with Gasteiger partial charge in [-0.1, -0.05) is 24.3 Å². The Bertz CT molecular complexity index is 511. The molecule has 0 unspecified atom stereocenters. The SMILES string of the molecule is CC=CN=C(C)c1cc(/C(C=CC)=C/C)cn1C. The fourth-order valence-corrected chi connectivity index (χ4v) is 1.87. The number of aromatic nitrogens is 1. The molecule has 0 aliphatic carbocycles. The van der Waals surface area contributed by atoms with E-state index in [1.54, 1.807) is 0 Å². The average Bonchev–Trinajstić information content (AvgIpc) is 2.75. The zero-order chi connectivity index (χ0) is 13.5. The molecular weight excluding hydrogens is 220 g/mol. The Kier molecular flexibility index (Phi) is 5.37. The summed E-state index contributed by atoms with van der Waals surface area (Å²) in [5, 5.41) is 0. The third-order valence-corrected chi connectivity index (χ3v) is 2.78. The Morgan fingerprint density at radius 3 is 2.50 bits per heavy atom. The Balaban J connectivity index is 3.16. The van der Waals surface area contributed by atoms with Gasteiger partial charge in [-0.2, -0.15) is 0 Å². The number of hydrogen-bond acceptors (Lipinski definition) is 1. The summed E-state index contributed by atoms with van der Waals surface area (Å²) in [7, 11) is 2.05. The van der Waals surface area contributed by atoms with Crippen molar-refractivity contribution >= 4 is 11.3 Å². The molecule has 0 saturated heterocycles. The molecule has 0 amide bonds. The number of rotatable bonds is 4. The molecule has 0 saturated carbocycles. The monoisotopic (exact) mass is 242 g/mol. The summed E-state index contributed by atoms with van der Waals surface area (Å²) in [4.78, 5) is 4.40. The Hall–Kier alpha value is -1.83. The largest absolute Gasteiger partial charge is 0.349 e. The highest BCUT2D eigenvalue weighted by atomic mass is 14.9. The minimum absolute atomic E-state index is 1.03. The molecular formula is C16H22N2. The minimum Gasteiger partial charge on any atom is -0.349 e. The molecule has 0 bridgehead atoms. The molecule has 0 aromatic carbocycles. The van der Waals surface area contributed by atoms with E-state index in [4.69, 9.17) is 0 Å². The van der Waals surface area contributed by atoms with Crippen LogP contribution in [0.2, 0.25) is 0 Å². The van der Waals surface area contributed by atoms with Gasteiger partial charge in [0.15, 0.2) is 0 Å². The van der Waals surface area contributed by atoms with Crippen LogP contribution in [0.3, 0.4) is 0 Å². The molecule has 0 atom stereocenters. The van der Waals surface area contributed by atoms with Crippen LogP contribution >= 0.6 is 0 Å². The minimum atomic E-state index is 1.03. The first-order valence-electron chi connectivity index (χ1n) is 6.25. The molecule has 18 heavy (non-hydrogen) atoms. The van der Waals surface area contributed by atoms with Crippen LogP contribution in [-0.2, 0) is 7.05 Å². The van der Waals surface area contributed by atoms with Crippen LogP contribution in [-0.4, -0.2) is 10.3 Å². The van der Waals surface area contributed by atoms with Crippen LogP contribution < -0.4 is 0 Å². The summed E-state index contributed by atoms with van der Waals surface area (Å²) in [6, 6.07) is 2.18. The fourth-order valence-electron chi connectivity index (χ4n) is 1.87. The van der Waals surface area contributed by atoms with E-state index in [0.29, 0.717) is 0 Å². The first-order valence-corrected chi connectivity index (χ1v) is 6.25. The van der Waals surface area contributed by atoms with E-state index in [1.165, 1.54) is 11.1 Å². The third kappa shape index (κ3) is 3.33. The Morgan fingerprint density at radius 1 is 1.22 bits per heavy atom. The van der Waals surface area contributed by atoms with Crippen LogP contribution in [0.5, 0.6) is 0 Å². The van der Waals surface area contributed by atoms with Crippen LogP contribution in [0.15, 0.2) is 47.8 Å². The molecule has 0 aliphatic heterocycles. The molecule has 0 fully saturated rings. The van der Waals surface area contributed by atoms with E-state index >= 15 is 0 Å².